The maximum absolute atomic E-state index is 11.7. The Bertz CT molecular complexity index is 1650. The van der Waals surface area contributed by atoms with E-state index in [-0.39, 0.29) is 63.2 Å². The fourth-order valence-electron chi connectivity index (χ4n) is 5.66. The lowest BCUT2D eigenvalue weighted by molar-refractivity contribution is 0.00122. The second-order valence-corrected chi connectivity index (χ2v) is 10.2. The van der Waals surface area contributed by atoms with E-state index in [0.717, 1.165) is 12.1 Å². The fraction of sp³-hybridized carbons (Fsp3) is 0.200. The molecular weight excluding hydrogens is 536 g/mol. The number of aromatic hydroxyl groups is 7. The summed E-state index contributed by atoms with van der Waals surface area (Å²) in [4.78, 5) is 0. The molecule has 4 aromatic rings. The molecule has 0 spiro atoms. The van der Waals surface area contributed by atoms with Gasteiger partial charge in [0.2, 0.25) is 0 Å². The number of phenolic OH excluding ortho intramolecular Hbond substituents is 7. The molecule has 2 aliphatic rings. The molecule has 9 N–H and O–H groups in total. The van der Waals surface area contributed by atoms with Gasteiger partial charge in [0.25, 0.3) is 0 Å². The average molecular weight is 563 g/mol. The Morgan fingerprint density at radius 2 is 1.24 bits per heavy atom. The topological polar surface area (TPSA) is 201 Å². The van der Waals surface area contributed by atoms with Gasteiger partial charge in [-0.1, -0.05) is 18.2 Å². The molecule has 2 heterocycles. The first-order valence-corrected chi connectivity index (χ1v) is 12.7. The quantitative estimate of drug-likeness (QED) is 0.166. The van der Waals surface area contributed by atoms with Crippen molar-refractivity contribution >= 4 is 0 Å². The van der Waals surface area contributed by atoms with Crippen molar-refractivity contribution in [2.45, 2.75) is 36.8 Å². The van der Waals surface area contributed by atoms with Crippen LogP contribution in [0, 0.1) is 0 Å². The smallest absolute Gasteiger partial charge is 0.157 e. The number of aliphatic hydroxyl groups excluding tert-OH is 2. The molecular formula is C30H26O11. The number of hydrogen-bond acceptors (Lipinski definition) is 11. The first kappa shape index (κ1) is 26.2. The number of hydrogen-bond donors (Lipinski definition) is 9. The van der Waals surface area contributed by atoms with Crippen molar-refractivity contribution in [3.63, 3.8) is 0 Å². The minimum Gasteiger partial charge on any atom is -0.508 e. The molecule has 0 unspecified atom stereocenters. The van der Waals surface area contributed by atoms with Crippen LogP contribution in [0.1, 0.15) is 45.9 Å². The maximum atomic E-state index is 11.7. The molecule has 212 valence electrons. The van der Waals surface area contributed by atoms with Crippen molar-refractivity contribution in [1.29, 1.82) is 0 Å². The van der Waals surface area contributed by atoms with Gasteiger partial charge in [0.1, 0.15) is 52.5 Å². The van der Waals surface area contributed by atoms with E-state index in [1.807, 2.05) is 0 Å². The summed E-state index contributed by atoms with van der Waals surface area (Å²) in [5.41, 5.74) is 0.857. The van der Waals surface area contributed by atoms with Crippen LogP contribution in [0.4, 0.5) is 0 Å². The maximum Gasteiger partial charge on any atom is 0.157 e. The summed E-state index contributed by atoms with van der Waals surface area (Å²) < 4.78 is 12.2. The number of benzene rings is 4. The van der Waals surface area contributed by atoms with E-state index in [4.69, 9.17) is 9.47 Å². The van der Waals surface area contributed by atoms with Crippen LogP contribution in [0.3, 0.4) is 0 Å². The second-order valence-electron chi connectivity index (χ2n) is 10.2. The molecule has 0 amide bonds. The molecule has 0 bridgehead atoms. The Morgan fingerprint density at radius 3 is 1.95 bits per heavy atom. The highest BCUT2D eigenvalue weighted by molar-refractivity contribution is 5.65. The Labute approximate surface area is 232 Å². The highest BCUT2D eigenvalue weighted by atomic mass is 16.5. The van der Waals surface area contributed by atoms with E-state index in [9.17, 15) is 46.0 Å². The zero-order chi connectivity index (χ0) is 29.2. The first-order chi connectivity index (χ1) is 19.5. The van der Waals surface area contributed by atoms with E-state index < -0.39 is 47.6 Å². The Morgan fingerprint density at radius 1 is 0.561 bits per heavy atom. The minimum absolute atomic E-state index is 0.00736. The van der Waals surface area contributed by atoms with Crippen LogP contribution in [0.25, 0.3) is 0 Å². The van der Waals surface area contributed by atoms with Crippen LogP contribution in [-0.2, 0) is 6.42 Å². The molecule has 5 atom stereocenters. The summed E-state index contributed by atoms with van der Waals surface area (Å²) >= 11 is 0. The van der Waals surface area contributed by atoms with Gasteiger partial charge in [-0.3, -0.25) is 0 Å². The van der Waals surface area contributed by atoms with E-state index in [0.29, 0.717) is 5.56 Å². The largest absolute Gasteiger partial charge is 0.508 e. The van der Waals surface area contributed by atoms with Gasteiger partial charge < -0.3 is 55.4 Å². The molecule has 41 heavy (non-hydrogen) atoms. The summed E-state index contributed by atoms with van der Waals surface area (Å²) in [6.07, 6.45) is -5.05. The van der Waals surface area contributed by atoms with Gasteiger partial charge in [0.15, 0.2) is 17.6 Å². The third-order valence-electron chi connectivity index (χ3n) is 7.57. The molecule has 0 saturated carbocycles. The van der Waals surface area contributed by atoms with Crippen molar-refractivity contribution < 1.29 is 55.4 Å². The van der Waals surface area contributed by atoms with E-state index in [1.165, 1.54) is 48.5 Å². The highest BCUT2D eigenvalue weighted by Gasteiger charge is 2.46. The zero-order valence-corrected chi connectivity index (χ0v) is 21.2. The van der Waals surface area contributed by atoms with Crippen LogP contribution in [0.5, 0.6) is 51.7 Å². The Kier molecular flexibility index (Phi) is 6.13. The van der Waals surface area contributed by atoms with Crippen molar-refractivity contribution in [2.75, 3.05) is 0 Å². The lowest BCUT2D eigenvalue weighted by Crippen LogP contribution is -2.36. The summed E-state index contributed by atoms with van der Waals surface area (Å²) in [5.74, 6) is -3.76. The lowest BCUT2D eigenvalue weighted by Gasteiger charge is -2.40. The van der Waals surface area contributed by atoms with Gasteiger partial charge in [-0.05, 0) is 35.4 Å². The van der Waals surface area contributed by atoms with Gasteiger partial charge in [-0.2, -0.15) is 0 Å². The predicted molar refractivity (Wildman–Crippen MR) is 142 cm³/mol. The highest BCUT2D eigenvalue weighted by Crippen LogP contribution is 2.57. The van der Waals surface area contributed by atoms with E-state index in [1.54, 1.807) is 0 Å². The molecule has 4 aromatic carbocycles. The summed E-state index contributed by atoms with van der Waals surface area (Å²) in [6, 6.07) is 13.1. The number of fused-ring (bicyclic) bond motifs is 2. The SMILES string of the molecule is Oc1ccc([C@H]2Oc3cc(O)cc(O)c3[C@@H](c3c(O)cc(O)c4c3O[C@H](c3ccc(O)c(O)c3)[C@H](O)C4)[C@@H]2O)cc1. The number of aliphatic hydroxyl groups is 2. The van der Waals surface area contributed by atoms with Crippen molar-refractivity contribution in [2.24, 2.45) is 0 Å². The van der Waals surface area contributed by atoms with E-state index in [2.05, 4.69) is 0 Å². The Hall–Kier alpha value is -5.00. The van der Waals surface area contributed by atoms with Crippen LogP contribution in [0.15, 0.2) is 60.7 Å². The fourth-order valence-corrected chi connectivity index (χ4v) is 5.66. The lowest BCUT2D eigenvalue weighted by atomic mass is 9.77. The number of phenols is 7. The van der Waals surface area contributed by atoms with Gasteiger partial charge in [-0.15, -0.1) is 0 Å². The molecule has 0 aromatic heterocycles. The molecule has 0 fully saturated rings. The molecule has 0 radical (unpaired) electrons. The molecule has 11 heteroatoms. The van der Waals surface area contributed by atoms with Crippen molar-refractivity contribution in [3.05, 3.63) is 88.5 Å². The number of rotatable bonds is 3. The summed E-state index contributed by atoms with van der Waals surface area (Å²) in [7, 11) is 0. The van der Waals surface area contributed by atoms with Crippen molar-refractivity contribution in [3.8, 4) is 51.7 Å². The zero-order valence-electron chi connectivity index (χ0n) is 21.2. The van der Waals surface area contributed by atoms with Crippen molar-refractivity contribution in [1.82, 2.24) is 0 Å². The molecule has 0 aliphatic carbocycles. The molecule has 2 aliphatic heterocycles. The third kappa shape index (κ3) is 4.31. The number of ether oxygens (including phenoxy) is 2. The monoisotopic (exact) mass is 562 g/mol. The minimum atomic E-state index is -1.48. The first-order valence-electron chi connectivity index (χ1n) is 12.7. The summed E-state index contributed by atoms with van der Waals surface area (Å²) in [6.45, 7) is 0. The standard InChI is InChI=1S/C30H26O11/c31-14-4-1-12(2-5-14)29-27(39)26(24-20(36)8-15(32)9-23(24)40-29)25-21(37)11-18(34)16-10-22(38)28(41-30(16)25)13-3-6-17(33)19(35)7-13/h1-9,11,22,26-29,31-39H,10H2/t22-,26+,27+,28-,29-/m1/s1. The van der Waals surface area contributed by atoms with Gasteiger partial charge in [-0.25, -0.2) is 0 Å². The molecule has 11 nitrogen and oxygen atoms in total. The van der Waals surface area contributed by atoms with Crippen LogP contribution < -0.4 is 9.47 Å². The van der Waals surface area contributed by atoms with Crippen LogP contribution in [-0.4, -0.2) is 58.2 Å². The van der Waals surface area contributed by atoms with Gasteiger partial charge in [0.05, 0.1) is 12.0 Å². The molecule has 0 saturated heterocycles. The summed E-state index contributed by atoms with van der Waals surface area (Å²) in [5, 5.41) is 95.2. The van der Waals surface area contributed by atoms with Gasteiger partial charge in [0, 0.05) is 41.3 Å². The normalized spacial score (nSPS) is 23.1. The second kappa shape index (κ2) is 9.58. The Balaban J connectivity index is 1.55. The van der Waals surface area contributed by atoms with Crippen LogP contribution >= 0.6 is 0 Å². The predicted octanol–water partition coefficient (Wildman–Crippen LogP) is 3.29. The van der Waals surface area contributed by atoms with Gasteiger partial charge >= 0.3 is 0 Å². The average Bonchev–Trinajstić information content (AvgIpc) is 2.92. The molecule has 6 rings (SSSR count). The van der Waals surface area contributed by atoms with Crippen LogP contribution in [0.2, 0.25) is 0 Å². The third-order valence-corrected chi connectivity index (χ3v) is 7.57. The van der Waals surface area contributed by atoms with E-state index >= 15 is 0 Å².